The number of aliphatic hydroxyl groups is 1. The van der Waals surface area contributed by atoms with Crippen LogP contribution < -0.4 is 5.32 Å². The molecule has 1 aliphatic carbocycles. The summed E-state index contributed by atoms with van der Waals surface area (Å²) < 4.78 is 0. The van der Waals surface area contributed by atoms with E-state index in [0.29, 0.717) is 23.6 Å². The molecule has 0 unspecified atom stereocenters. The molecule has 0 aromatic carbocycles. The van der Waals surface area contributed by atoms with Gasteiger partial charge in [0.1, 0.15) is 17.2 Å². The highest BCUT2D eigenvalue weighted by Gasteiger charge is 2.21. The molecule has 0 aliphatic heterocycles. The van der Waals surface area contributed by atoms with Gasteiger partial charge in [0.2, 0.25) is 0 Å². The molecule has 5 heteroatoms. The number of hydrogen-bond acceptors (Lipinski definition) is 4. The van der Waals surface area contributed by atoms with E-state index in [0.717, 1.165) is 43.6 Å². The summed E-state index contributed by atoms with van der Waals surface area (Å²) in [5, 5.41) is 13.2. The Labute approximate surface area is 113 Å². The number of nitrogens with zero attached hydrogens (tertiary/aromatic N) is 2. The third kappa shape index (κ3) is 3.12. The second-order valence-corrected chi connectivity index (χ2v) is 5.26. The fraction of sp³-hybridized carbons (Fsp3) is 0.692. The monoisotopic (exact) mass is 269 g/mol. The van der Waals surface area contributed by atoms with Crippen LogP contribution in [0.5, 0.6) is 0 Å². The quantitative estimate of drug-likeness (QED) is 0.882. The molecule has 0 spiro atoms. The van der Waals surface area contributed by atoms with E-state index in [9.17, 15) is 0 Å². The molecule has 1 aromatic heterocycles. The van der Waals surface area contributed by atoms with Crippen molar-refractivity contribution in [2.24, 2.45) is 5.92 Å². The second-order valence-electron chi connectivity index (χ2n) is 4.88. The molecular weight excluding hydrogens is 250 g/mol. The predicted molar refractivity (Wildman–Crippen MR) is 72.9 cm³/mol. The minimum absolute atomic E-state index is 0.307. The van der Waals surface area contributed by atoms with E-state index in [2.05, 4.69) is 15.3 Å². The lowest BCUT2D eigenvalue weighted by Crippen LogP contribution is -2.28. The lowest BCUT2D eigenvalue weighted by Gasteiger charge is -2.28. The van der Waals surface area contributed by atoms with Crippen molar-refractivity contribution in [2.75, 3.05) is 11.9 Å². The molecular formula is C13H20ClN3O. The number of halogens is 1. The highest BCUT2D eigenvalue weighted by Crippen LogP contribution is 2.28. The van der Waals surface area contributed by atoms with E-state index >= 15 is 0 Å². The van der Waals surface area contributed by atoms with Crippen molar-refractivity contribution in [3.05, 3.63) is 17.0 Å². The molecule has 1 heterocycles. The Kier molecular flexibility index (Phi) is 4.78. The highest BCUT2D eigenvalue weighted by atomic mass is 35.5. The van der Waals surface area contributed by atoms with Gasteiger partial charge < -0.3 is 10.4 Å². The van der Waals surface area contributed by atoms with Gasteiger partial charge >= 0.3 is 0 Å². The molecule has 2 rings (SSSR count). The largest absolute Gasteiger partial charge is 0.396 e. The van der Waals surface area contributed by atoms with E-state index in [1.807, 2.05) is 6.92 Å². The maximum Gasteiger partial charge on any atom is 0.148 e. The van der Waals surface area contributed by atoms with Crippen LogP contribution in [0.15, 0.2) is 6.33 Å². The topological polar surface area (TPSA) is 58.0 Å². The van der Waals surface area contributed by atoms with Gasteiger partial charge in [-0.1, -0.05) is 18.5 Å². The Morgan fingerprint density at radius 2 is 2.06 bits per heavy atom. The minimum atomic E-state index is 0.307. The summed E-state index contributed by atoms with van der Waals surface area (Å²) in [5.74, 6) is 1.21. The van der Waals surface area contributed by atoms with E-state index in [1.54, 1.807) is 6.33 Å². The molecule has 1 aromatic rings. The molecule has 1 saturated carbocycles. The molecule has 1 aliphatic rings. The first kappa shape index (κ1) is 13.6. The smallest absolute Gasteiger partial charge is 0.148 e. The van der Waals surface area contributed by atoms with Gasteiger partial charge in [-0.15, -0.1) is 0 Å². The van der Waals surface area contributed by atoms with Crippen LogP contribution in [0, 0.1) is 5.92 Å². The maximum absolute atomic E-state index is 9.12. The molecule has 0 bridgehead atoms. The van der Waals surface area contributed by atoms with E-state index in [4.69, 9.17) is 16.7 Å². The van der Waals surface area contributed by atoms with Crippen LogP contribution in [-0.4, -0.2) is 27.7 Å². The van der Waals surface area contributed by atoms with Gasteiger partial charge in [-0.3, -0.25) is 0 Å². The number of aromatic nitrogens is 2. The highest BCUT2D eigenvalue weighted by molar-refractivity contribution is 6.33. The molecule has 0 amide bonds. The van der Waals surface area contributed by atoms with E-state index < -0.39 is 0 Å². The number of aryl methyl sites for hydroxylation is 1. The SMILES string of the molecule is CCc1ncnc(N[C@H]2CC[C@@H](CO)CC2)c1Cl. The normalized spacial score (nSPS) is 23.9. The zero-order valence-electron chi connectivity index (χ0n) is 10.7. The van der Waals surface area contributed by atoms with Crippen LogP contribution in [0.3, 0.4) is 0 Å². The van der Waals surface area contributed by atoms with Gasteiger partial charge in [-0.05, 0) is 38.0 Å². The summed E-state index contributed by atoms with van der Waals surface area (Å²) in [7, 11) is 0. The summed E-state index contributed by atoms with van der Waals surface area (Å²) in [4.78, 5) is 8.38. The summed E-state index contributed by atoms with van der Waals surface area (Å²) >= 11 is 6.26. The van der Waals surface area contributed by atoms with Crippen molar-refractivity contribution in [3.63, 3.8) is 0 Å². The standard InChI is InChI=1S/C13H20ClN3O/c1-2-11-12(14)13(16-8-15-11)17-10-5-3-9(7-18)4-6-10/h8-10,18H,2-7H2,1H3,(H,15,16,17)/t9-,10+. The third-order valence-corrected chi connectivity index (χ3v) is 4.04. The molecule has 18 heavy (non-hydrogen) atoms. The number of rotatable bonds is 4. The number of nitrogens with one attached hydrogen (secondary N) is 1. The summed E-state index contributed by atoms with van der Waals surface area (Å²) in [6.07, 6.45) is 6.63. The summed E-state index contributed by atoms with van der Waals surface area (Å²) in [6, 6.07) is 0.407. The Hall–Kier alpha value is -0.870. The Morgan fingerprint density at radius 3 is 2.67 bits per heavy atom. The molecule has 2 N–H and O–H groups in total. The van der Waals surface area contributed by atoms with E-state index in [-0.39, 0.29) is 0 Å². The van der Waals surface area contributed by atoms with Crippen LogP contribution >= 0.6 is 11.6 Å². The van der Waals surface area contributed by atoms with Crippen molar-refractivity contribution < 1.29 is 5.11 Å². The average Bonchev–Trinajstić information content (AvgIpc) is 2.42. The average molecular weight is 270 g/mol. The second kappa shape index (κ2) is 6.34. The zero-order valence-corrected chi connectivity index (χ0v) is 11.5. The van der Waals surface area contributed by atoms with Crippen molar-refractivity contribution in [1.82, 2.24) is 9.97 Å². The molecule has 100 valence electrons. The first-order valence-electron chi connectivity index (χ1n) is 6.61. The molecule has 0 saturated heterocycles. The van der Waals surface area contributed by atoms with Crippen molar-refractivity contribution in [1.29, 1.82) is 0 Å². The zero-order chi connectivity index (χ0) is 13.0. The van der Waals surface area contributed by atoms with Crippen LogP contribution in [0.4, 0.5) is 5.82 Å². The van der Waals surface area contributed by atoms with Crippen molar-refractivity contribution in [2.45, 2.75) is 45.1 Å². The molecule has 0 atom stereocenters. The van der Waals surface area contributed by atoms with Crippen LogP contribution in [-0.2, 0) is 6.42 Å². The summed E-state index contributed by atoms with van der Waals surface area (Å²) in [5.41, 5.74) is 0.887. The van der Waals surface area contributed by atoms with Gasteiger partial charge in [0.25, 0.3) is 0 Å². The first-order valence-corrected chi connectivity index (χ1v) is 6.99. The fourth-order valence-corrected chi connectivity index (χ4v) is 2.72. The van der Waals surface area contributed by atoms with Crippen LogP contribution in [0.2, 0.25) is 5.02 Å². The summed E-state index contributed by atoms with van der Waals surface area (Å²) in [6.45, 7) is 2.34. The van der Waals surface area contributed by atoms with Gasteiger partial charge in [0, 0.05) is 12.6 Å². The van der Waals surface area contributed by atoms with Crippen molar-refractivity contribution >= 4 is 17.4 Å². The number of anilines is 1. The lowest BCUT2D eigenvalue weighted by molar-refractivity contribution is 0.185. The first-order chi connectivity index (χ1) is 8.74. The third-order valence-electron chi connectivity index (χ3n) is 3.64. The molecule has 1 fully saturated rings. The van der Waals surface area contributed by atoms with Gasteiger partial charge in [-0.2, -0.15) is 0 Å². The van der Waals surface area contributed by atoms with Crippen LogP contribution in [0.1, 0.15) is 38.3 Å². The predicted octanol–water partition coefficient (Wildman–Crippen LogP) is 2.66. The lowest BCUT2D eigenvalue weighted by atomic mass is 9.86. The van der Waals surface area contributed by atoms with Crippen molar-refractivity contribution in [3.8, 4) is 0 Å². The molecule has 0 radical (unpaired) electrons. The Bertz CT molecular complexity index is 392. The van der Waals surface area contributed by atoms with Gasteiger partial charge in [-0.25, -0.2) is 9.97 Å². The fourth-order valence-electron chi connectivity index (χ4n) is 2.44. The van der Waals surface area contributed by atoms with Gasteiger partial charge in [0.05, 0.1) is 5.69 Å². The maximum atomic E-state index is 9.12. The number of aliphatic hydroxyl groups excluding tert-OH is 1. The Balaban J connectivity index is 1.98. The number of hydrogen-bond donors (Lipinski definition) is 2. The van der Waals surface area contributed by atoms with Crippen LogP contribution in [0.25, 0.3) is 0 Å². The molecule has 4 nitrogen and oxygen atoms in total. The van der Waals surface area contributed by atoms with Gasteiger partial charge in [0.15, 0.2) is 0 Å². The van der Waals surface area contributed by atoms with E-state index in [1.165, 1.54) is 0 Å². The minimum Gasteiger partial charge on any atom is -0.396 e. The Morgan fingerprint density at radius 1 is 1.33 bits per heavy atom.